The maximum atomic E-state index is 4.94. The van der Waals surface area contributed by atoms with Crippen molar-refractivity contribution < 1.29 is 4.74 Å². The minimum absolute atomic E-state index is 0. The first kappa shape index (κ1) is 7.44. The van der Waals surface area contributed by atoms with E-state index in [-0.39, 0.29) is 45.5 Å². The predicted molar refractivity (Wildman–Crippen MR) is 28.6 cm³/mol. The van der Waals surface area contributed by atoms with Crippen LogP contribution >= 0.6 is 0 Å². The predicted octanol–water partition coefficient (Wildman–Crippen LogP) is -0.119. The molecule has 34 valence electrons. The third-order valence-electron chi connectivity index (χ3n) is 0.827. The molecule has 1 aliphatic heterocycles. The van der Waals surface area contributed by atoms with Crippen LogP contribution < -0.4 is 0 Å². The third kappa shape index (κ3) is 2.59. The van der Waals surface area contributed by atoms with Gasteiger partial charge in [0.15, 0.2) is 0 Å². The van der Waals surface area contributed by atoms with E-state index in [9.17, 15) is 0 Å². The summed E-state index contributed by atoms with van der Waals surface area (Å²) < 4.78 is 4.94. The number of hydrogen-bond acceptors (Lipinski definition) is 1. The zero-order valence-corrected chi connectivity index (χ0v) is 3.24. The van der Waals surface area contributed by atoms with Crippen molar-refractivity contribution in [2.24, 2.45) is 0 Å². The van der Waals surface area contributed by atoms with Crippen LogP contribution in [0.15, 0.2) is 0 Å². The summed E-state index contributed by atoms with van der Waals surface area (Å²) in [6.45, 7) is 2.00. The molecule has 0 N–H and O–H groups in total. The van der Waals surface area contributed by atoms with E-state index in [4.69, 9.17) is 4.74 Å². The fourth-order valence-electron chi connectivity index (χ4n) is 0.510. The van der Waals surface area contributed by atoms with Crippen LogP contribution in [-0.4, -0.2) is 58.7 Å². The van der Waals surface area contributed by atoms with Gasteiger partial charge < -0.3 is 4.74 Å². The summed E-state index contributed by atoms with van der Waals surface area (Å²) in [5.74, 6) is 0. The summed E-state index contributed by atoms with van der Waals surface area (Å²) in [4.78, 5) is 0. The van der Waals surface area contributed by atoms with Crippen LogP contribution in [0.5, 0.6) is 0 Å². The number of rotatable bonds is 0. The van der Waals surface area contributed by atoms with Gasteiger partial charge in [-0.1, -0.05) is 0 Å². The Morgan fingerprint density at radius 3 is 1.67 bits per heavy atom. The Hall–Kier alpha value is 1.44. The molecule has 1 fully saturated rings. The Kier molecular flexibility index (Phi) is 5.70. The van der Waals surface area contributed by atoms with Gasteiger partial charge >= 0.3 is 45.5 Å². The second-order valence-electron chi connectivity index (χ2n) is 1.32. The summed E-state index contributed by atoms with van der Waals surface area (Å²) in [6.07, 6.45) is 2.56. The molecule has 0 saturated carbocycles. The third-order valence-corrected chi connectivity index (χ3v) is 0.827. The number of hydrogen-bond donors (Lipinski definition) is 0. The molecule has 0 bridgehead atoms. The second kappa shape index (κ2) is 4.60. The molecule has 1 rings (SSSR count). The Morgan fingerprint density at radius 1 is 1.00 bits per heavy atom. The van der Waals surface area contributed by atoms with Crippen LogP contribution in [0.3, 0.4) is 0 Å². The van der Waals surface area contributed by atoms with Gasteiger partial charge in [-0.2, -0.15) is 0 Å². The van der Waals surface area contributed by atoms with Crippen molar-refractivity contribution >= 4 is 45.5 Å². The van der Waals surface area contributed by atoms with Crippen LogP contribution in [0.4, 0.5) is 0 Å². The first-order chi connectivity index (χ1) is 2.50. The minimum atomic E-state index is 0. The van der Waals surface area contributed by atoms with E-state index in [0.717, 1.165) is 13.2 Å². The first-order valence-corrected chi connectivity index (χ1v) is 2.08. The van der Waals surface area contributed by atoms with E-state index < -0.39 is 0 Å². The van der Waals surface area contributed by atoms with E-state index in [1.165, 1.54) is 12.8 Å². The monoisotopic (exact) mass is 162 g/mol. The van der Waals surface area contributed by atoms with Gasteiger partial charge in [0.05, 0.1) is 0 Å². The molecule has 2 heteroatoms. The first-order valence-electron chi connectivity index (χ1n) is 2.08. The average molecular weight is 162 g/mol. The van der Waals surface area contributed by atoms with Crippen molar-refractivity contribution in [3.63, 3.8) is 0 Å². The Labute approximate surface area is 75.3 Å². The van der Waals surface area contributed by atoms with Gasteiger partial charge in [0.25, 0.3) is 0 Å². The van der Waals surface area contributed by atoms with Gasteiger partial charge in [-0.05, 0) is 12.8 Å². The molecule has 0 spiro atoms. The van der Waals surface area contributed by atoms with Crippen LogP contribution in [0, 0.1) is 0 Å². The molecular formula is C4H10OSr. The number of ether oxygens (including phenoxy) is 1. The molecule has 0 aromatic carbocycles. The van der Waals surface area contributed by atoms with Crippen molar-refractivity contribution in [1.82, 2.24) is 0 Å². The van der Waals surface area contributed by atoms with Crippen LogP contribution in [0.2, 0.25) is 0 Å². The fourth-order valence-corrected chi connectivity index (χ4v) is 0.510. The molecule has 0 aliphatic carbocycles. The van der Waals surface area contributed by atoms with Crippen LogP contribution in [-0.2, 0) is 4.74 Å². The zero-order valence-electron chi connectivity index (χ0n) is 3.24. The molecule has 0 atom stereocenters. The molecule has 0 unspecified atom stereocenters. The van der Waals surface area contributed by atoms with Crippen molar-refractivity contribution in [3.8, 4) is 0 Å². The summed E-state index contributed by atoms with van der Waals surface area (Å²) in [5.41, 5.74) is 0. The van der Waals surface area contributed by atoms with Crippen LogP contribution in [0.1, 0.15) is 12.8 Å². The van der Waals surface area contributed by atoms with E-state index >= 15 is 0 Å². The van der Waals surface area contributed by atoms with Gasteiger partial charge in [0.1, 0.15) is 0 Å². The fraction of sp³-hybridized carbons (Fsp3) is 1.00. The van der Waals surface area contributed by atoms with Gasteiger partial charge in [0, 0.05) is 13.2 Å². The molecular weight excluding hydrogens is 152 g/mol. The molecule has 0 amide bonds. The second-order valence-corrected chi connectivity index (χ2v) is 1.32. The molecule has 1 nitrogen and oxygen atoms in total. The Morgan fingerprint density at radius 2 is 1.50 bits per heavy atom. The van der Waals surface area contributed by atoms with E-state index in [2.05, 4.69) is 0 Å². The Balaban J connectivity index is 0.000000250. The summed E-state index contributed by atoms with van der Waals surface area (Å²) in [6, 6.07) is 0. The molecule has 1 heterocycles. The van der Waals surface area contributed by atoms with Gasteiger partial charge in [0.2, 0.25) is 0 Å². The summed E-state index contributed by atoms with van der Waals surface area (Å²) >= 11 is 0. The molecule has 0 aromatic heterocycles. The van der Waals surface area contributed by atoms with E-state index in [0.29, 0.717) is 0 Å². The normalized spacial score (nSPS) is 20.0. The van der Waals surface area contributed by atoms with Gasteiger partial charge in [-0.3, -0.25) is 0 Å². The summed E-state index contributed by atoms with van der Waals surface area (Å²) in [7, 11) is 0. The van der Waals surface area contributed by atoms with Crippen molar-refractivity contribution in [2.45, 2.75) is 12.8 Å². The molecule has 0 aromatic rings. The molecule has 0 radical (unpaired) electrons. The Bertz CT molecular complexity index is 19.1. The van der Waals surface area contributed by atoms with Gasteiger partial charge in [-0.25, -0.2) is 0 Å². The standard InChI is InChI=1S/C4H8O.Sr.2H/c1-2-4-5-3-1;;;/h1-4H2;;;. The quantitative estimate of drug-likeness (QED) is 0.451. The van der Waals surface area contributed by atoms with E-state index in [1.807, 2.05) is 0 Å². The van der Waals surface area contributed by atoms with Crippen molar-refractivity contribution in [3.05, 3.63) is 0 Å². The molecule has 1 saturated heterocycles. The van der Waals surface area contributed by atoms with Crippen molar-refractivity contribution in [2.75, 3.05) is 13.2 Å². The molecule has 1 aliphatic rings. The SMILES string of the molecule is C1CCOC1.[SrH2]. The summed E-state index contributed by atoms with van der Waals surface area (Å²) in [5, 5.41) is 0. The topological polar surface area (TPSA) is 9.23 Å². The molecule has 6 heavy (non-hydrogen) atoms. The maximum absolute atomic E-state index is 4.94. The average Bonchev–Trinajstić information content (AvgIpc) is 1.76. The van der Waals surface area contributed by atoms with E-state index in [1.54, 1.807) is 0 Å². The van der Waals surface area contributed by atoms with Gasteiger partial charge in [-0.15, -0.1) is 0 Å². The van der Waals surface area contributed by atoms with Crippen molar-refractivity contribution in [1.29, 1.82) is 0 Å². The zero-order chi connectivity index (χ0) is 3.54. The van der Waals surface area contributed by atoms with Crippen LogP contribution in [0.25, 0.3) is 0 Å².